The molecule has 0 fully saturated rings. The molecule has 1 atom stereocenters. The summed E-state index contributed by atoms with van der Waals surface area (Å²) in [5.74, 6) is -2.75. The molecule has 0 aliphatic rings. The van der Waals surface area contributed by atoms with Gasteiger partial charge in [0.1, 0.15) is 5.66 Å². The van der Waals surface area contributed by atoms with Gasteiger partial charge in [-0.1, -0.05) is 0 Å². The van der Waals surface area contributed by atoms with Crippen molar-refractivity contribution >= 4 is 19.5 Å². The number of hydrogen-bond donors (Lipinski definition) is 2. The van der Waals surface area contributed by atoms with E-state index in [-0.39, 0.29) is 13.2 Å². The average molecular weight is 268 g/mol. The average Bonchev–Trinajstić information content (AvgIpc) is 2.25. The molecule has 17 heavy (non-hydrogen) atoms. The van der Waals surface area contributed by atoms with Gasteiger partial charge in [-0.3, -0.25) is 14.6 Å². The summed E-state index contributed by atoms with van der Waals surface area (Å²) in [6, 6.07) is 0. The van der Waals surface area contributed by atoms with Gasteiger partial charge in [-0.05, 0) is 13.8 Å². The quantitative estimate of drug-likeness (QED) is 0.337. The Hall–Kier alpha value is -0.950. The smallest absolute Gasteiger partial charge is 0.339 e. The number of hydroxylamine groups is 1. The molecule has 0 spiro atoms. The van der Waals surface area contributed by atoms with Crippen LogP contribution in [0.15, 0.2) is 0 Å². The van der Waals surface area contributed by atoms with Gasteiger partial charge in [0.05, 0.1) is 19.2 Å². The van der Waals surface area contributed by atoms with Crippen molar-refractivity contribution < 1.29 is 33.5 Å². The summed E-state index contributed by atoms with van der Waals surface area (Å²) >= 11 is 0. The topological polar surface area (TPSA) is 125 Å². The van der Waals surface area contributed by atoms with Gasteiger partial charge in [0.15, 0.2) is 0 Å². The van der Waals surface area contributed by atoms with Crippen LogP contribution in [0, 0.1) is 0 Å². The van der Waals surface area contributed by atoms with Gasteiger partial charge in [0.2, 0.25) is 5.91 Å². The Morgan fingerprint density at radius 2 is 1.82 bits per heavy atom. The summed E-state index contributed by atoms with van der Waals surface area (Å²) in [5.41, 5.74) is -0.511. The number of carboxylic acid groups (broad SMARTS) is 1. The first kappa shape index (κ1) is 16.1. The molecule has 0 bridgehead atoms. The van der Waals surface area contributed by atoms with Crippen LogP contribution in [0.5, 0.6) is 0 Å². The molecule has 0 radical (unpaired) electrons. The number of aliphatic carboxylic acids is 1. The lowest BCUT2D eigenvalue weighted by Gasteiger charge is -2.26. The summed E-state index contributed by atoms with van der Waals surface area (Å²) in [6.07, 6.45) is -0.754. The molecule has 100 valence electrons. The molecule has 0 aromatic rings. The molecule has 0 heterocycles. The highest BCUT2D eigenvalue weighted by Gasteiger charge is 2.38. The highest BCUT2D eigenvalue weighted by molar-refractivity contribution is 7.55. The van der Waals surface area contributed by atoms with E-state index in [1.54, 1.807) is 0 Å². The fourth-order valence-corrected chi connectivity index (χ4v) is 2.92. The zero-order chi connectivity index (χ0) is 13.5. The van der Waals surface area contributed by atoms with E-state index in [0.29, 0.717) is 0 Å². The van der Waals surface area contributed by atoms with E-state index in [2.05, 4.69) is 0 Å². The second-order valence-electron chi connectivity index (χ2n) is 2.95. The van der Waals surface area contributed by atoms with Crippen LogP contribution < -0.4 is 10.6 Å². The van der Waals surface area contributed by atoms with Crippen molar-refractivity contribution in [2.45, 2.75) is 25.9 Å². The van der Waals surface area contributed by atoms with Gasteiger partial charge in [-0.2, -0.15) is 0 Å². The first-order valence-electron chi connectivity index (χ1n) is 4.93. The SMILES string of the molecule is CCOP(=O)(OCC)C(CC(=O)NO)C(=O)[O-]. The van der Waals surface area contributed by atoms with Crippen LogP contribution in [0.3, 0.4) is 0 Å². The van der Waals surface area contributed by atoms with E-state index < -0.39 is 31.6 Å². The van der Waals surface area contributed by atoms with Crippen LogP contribution in [-0.4, -0.2) is 36.0 Å². The maximum atomic E-state index is 12.1. The maximum Gasteiger partial charge on any atom is 0.339 e. The number of carboxylic acids is 1. The first-order valence-corrected chi connectivity index (χ1v) is 6.55. The van der Waals surface area contributed by atoms with Crippen molar-refractivity contribution in [3.8, 4) is 0 Å². The van der Waals surface area contributed by atoms with Crippen LogP contribution in [0.4, 0.5) is 0 Å². The van der Waals surface area contributed by atoms with Crippen molar-refractivity contribution in [3.63, 3.8) is 0 Å². The third kappa shape index (κ3) is 4.82. The van der Waals surface area contributed by atoms with Gasteiger partial charge >= 0.3 is 7.60 Å². The summed E-state index contributed by atoms with van der Waals surface area (Å²) in [4.78, 5) is 21.7. The van der Waals surface area contributed by atoms with Gasteiger partial charge in [-0.25, -0.2) is 5.48 Å². The molecular formula is C8H15NO7P-. The van der Waals surface area contributed by atoms with Crippen LogP contribution in [0.1, 0.15) is 20.3 Å². The van der Waals surface area contributed by atoms with Crippen molar-refractivity contribution in [2.24, 2.45) is 0 Å². The van der Waals surface area contributed by atoms with E-state index in [1.165, 1.54) is 19.3 Å². The lowest BCUT2D eigenvalue weighted by molar-refractivity contribution is -0.305. The molecule has 0 saturated carbocycles. The molecule has 8 nitrogen and oxygen atoms in total. The van der Waals surface area contributed by atoms with Gasteiger partial charge in [0.25, 0.3) is 0 Å². The predicted octanol–water partition coefficient (Wildman–Crippen LogP) is -0.733. The predicted molar refractivity (Wildman–Crippen MR) is 54.2 cm³/mol. The largest absolute Gasteiger partial charge is 0.549 e. The van der Waals surface area contributed by atoms with Crippen molar-refractivity contribution in [2.75, 3.05) is 13.2 Å². The number of nitrogens with one attached hydrogen (secondary N) is 1. The molecule has 0 aliphatic heterocycles. The normalized spacial score (nSPS) is 13.1. The molecule has 1 unspecified atom stereocenters. The monoisotopic (exact) mass is 268 g/mol. The minimum absolute atomic E-state index is 0.0399. The van der Waals surface area contributed by atoms with Crippen molar-refractivity contribution in [1.82, 2.24) is 5.48 Å². The highest BCUT2D eigenvalue weighted by atomic mass is 31.2. The van der Waals surface area contributed by atoms with Crippen LogP contribution in [-0.2, 0) is 23.2 Å². The Bertz CT molecular complexity index is 309. The number of rotatable bonds is 8. The summed E-state index contributed by atoms with van der Waals surface area (Å²) < 4.78 is 21.7. The highest BCUT2D eigenvalue weighted by Crippen LogP contribution is 2.53. The molecular weight excluding hydrogens is 253 g/mol. The Morgan fingerprint density at radius 1 is 1.35 bits per heavy atom. The second-order valence-corrected chi connectivity index (χ2v) is 5.17. The fraction of sp³-hybridized carbons (Fsp3) is 0.750. The third-order valence-corrected chi connectivity index (χ3v) is 4.17. The number of amides is 1. The van der Waals surface area contributed by atoms with Gasteiger partial charge in [0, 0.05) is 6.42 Å². The zero-order valence-corrected chi connectivity index (χ0v) is 10.4. The van der Waals surface area contributed by atoms with E-state index in [0.717, 1.165) is 0 Å². The molecule has 2 N–H and O–H groups in total. The molecule has 0 aromatic carbocycles. The second kappa shape index (κ2) is 7.39. The number of carbonyl (C=O) groups is 2. The fourth-order valence-electron chi connectivity index (χ4n) is 1.12. The molecule has 9 heteroatoms. The molecule has 1 amide bonds. The van der Waals surface area contributed by atoms with Gasteiger partial charge < -0.3 is 18.9 Å². The standard InChI is InChI=1S/C8H16NO7P/c1-3-15-17(14,16-4-2)6(8(11)12)5-7(10)9-13/h6,13H,3-5H2,1-2H3,(H,9,10)(H,11,12)/p-1. The Balaban J connectivity index is 5.03. The summed E-state index contributed by atoms with van der Waals surface area (Å²) in [7, 11) is -3.99. The van der Waals surface area contributed by atoms with Crippen molar-refractivity contribution in [3.05, 3.63) is 0 Å². The minimum Gasteiger partial charge on any atom is -0.549 e. The summed E-state index contributed by atoms with van der Waals surface area (Å²) in [6.45, 7) is 2.93. The van der Waals surface area contributed by atoms with E-state index in [4.69, 9.17) is 14.3 Å². The van der Waals surface area contributed by atoms with Crippen LogP contribution >= 0.6 is 7.60 Å². The number of hydrogen-bond acceptors (Lipinski definition) is 7. The third-order valence-electron chi connectivity index (χ3n) is 1.78. The lowest BCUT2D eigenvalue weighted by atomic mass is 10.3. The van der Waals surface area contributed by atoms with Crippen LogP contribution in [0.2, 0.25) is 0 Å². The molecule has 0 aliphatic carbocycles. The first-order chi connectivity index (χ1) is 7.91. The van der Waals surface area contributed by atoms with E-state index >= 15 is 0 Å². The summed E-state index contributed by atoms with van der Waals surface area (Å²) in [5, 5.41) is 19.1. The van der Waals surface area contributed by atoms with Crippen molar-refractivity contribution in [1.29, 1.82) is 0 Å². The van der Waals surface area contributed by atoms with E-state index in [1.807, 2.05) is 0 Å². The minimum atomic E-state index is -3.99. The van der Waals surface area contributed by atoms with Gasteiger partial charge in [-0.15, -0.1) is 0 Å². The Morgan fingerprint density at radius 3 is 2.12 bits per heavy atom. The molecule has 0 rings (SSSR count). The lowest BCUT2D eigenvalue weighted by Crippen LogP contribution is -2.39. The van der Waals surface area contributed by atoms with Crippen LogP contribution in [0.25, 0.3) is 0 Å². The molecule has 0 aromatic heterocycles. The number of carbonyl (C=O) groups excluding carboxylic acids is 2. The Labute approximate surface area is 98.4 Å². The molecule has 0 saturated heterocycles. The maximum absolute atomic E-state index is 12.1. The zero-order valence-electron chi connectivity index (χ0n) is 9.54. The Kier molecular flexibility index (Phi) is 6.98. The van der Waals surface area contributed by atoms with E-state index in [9.17, 15) is 19.3 Å².